The Morgan fingerprint density at radius 3 is 2.32 bits per heavy atom. The summed E-state index contributed by atoms with van der Waals surface area (Å²) in [5.74, 6) is 0.352. The summed E-state index contributed by atoms with van der Waals surface area (Å²) in [6, 6.07) is 16.0. The number of anilines is 1. The third kappa shape index (κ3) is 6.34. The molecule has 0 aliphatic rings. The van der Waals surface area contributed by atoms with E-state index in [2.05, 4.69) is 37.2 Å². The van der Waals surface area contributed by atoms with E-state index in [9.17, 15) is 10.1 Å². The van der Waals surface area contributed by atoms with Gasteiger partial charge >= 0.3 is 0 Å². The number of amides is 1. The third-order valence-corrected chi connectivity index (χ3v) is 6.68. The number of halogens is 4. The molecular formula is C25H18Br2Cl2N2O3. The predicted octanol–water partition coefficient (Wildman–Crippen LogP) is 7.96. The Hall–Kier alpha value is -2.50. The fraction of sp³-hybridized carbons (Fsp3) is 0.120. The van der Waals surface area contributed by atoms with Gasteiger partial charge in [-0.25, -0.2) is 0 Å². The number of benzene rings is 3. The molecule has 3 rings (SSSR count). The van der Waals surface area contributed by atoms with Crippen molar-refractivity contribution in [2.75, 3.05) is 12.4 Å². The fourth-order valence-corrected chi connectivity index (χ4v) is 5.15. The van der Waals surface area contributed by atoms with E-state index >= 15 is 0 Å². The van der Waals surface area contributed by atoms with Gasteiger partial charge in [-0.15, -0.1) is 0 Å². The topological polar surface area (TPSA) is 71.3 Å². The summed E-state index contributed by atoms with van der Waals surface area (Å²) in [7, 11) is 1.50. The average molecular weight is 625 g/mol. The van der Waals surface area contributed by atoms with Crippen molar-refractivity contribution in [1.29, 1.82) is 5.26 Å². The molecule has 0 saturated heterocycles. The second-order valence-corrected chi connectivity index (χ2v) is 9.65. The highest BCUT2D eigenvalue weighted by atomic mass is 79.9. The minimum absolute atomic E-state index is 0.0713. The Morgan fingerprint density at radius 1 is 1.09 bits per heavy atom. The van der Waals surface area contributed by atoms with Crippen LogP contribution in [0, 0.1) is 18.3 Å². The van der Waals surface area contributed by atoms with E-state index in [1.54, 1.807) is 36.4 Å². The second-order valence-electron chi connectivity index (χ2n) is 7.13. The monoisotopic (exact) mass is 622 g/mol. The Morgan fingerprint density at radius 2 is 1.74 bits per heavy atom. The molecule has 0 bridgehead atoms. The number of carbonyl (C=O) groups is 1. The van der Waals surface area contributed by atoms with E-state index in [1.807, 2.05) is 25.1 Å². The standard InChI is InChI=1S/C25H18Br2Cl2N2O3/c1-14-8-18(26)24(19(27)9-14)31-25(32)16(12-30)10-15-6-7-22(23(11-15)33-2)34-13-17-20(28)4-3-5-21(17)29/h3-11H,13H2,1-2H3,(H,31,32)/b16-10+. The van der Waals surface area contributed by atoms with Crippen molar-refractivity contribution in [2.45, 2.75) is 13.5 Å². The molecule has 0 radical (unpaired) electrons. The van der Waals surface area contributed by atoms with Crippen molar-refractivity contribution in [1.82, 2.24) is 0 Å². The number of aryl methyl sites for hydroxylation is 1. The van der Waals surface area contributed by atoms with Gasteiger partial charge in [0.2, 0.25) is 0 Å². The number of hydrogen-bond acceptors (Lipinski definition) is 4. The van der Waals surface area contributed by atoms with Gasteiger partial charge in [-0.3, -0.25) is 4.79 Å². The number of nitrogens with zero attached hydrogens (tertiary/aromatic N) is 1. The Labute approximate surface area is 224 Å². The van der Waals surface area contributed by atoms with Crippen LogP contribution in [0.5, 0.6) is 11.5 Å². The van der Waals surface area contributed by atoms with Crippen molar-refractivity contribution >= 4 is 72.7 Å². The molecule has 174 valence electrons. The molecule has 0 spiro atoms. The van der Waals surface area contributed by atoms with Crippen LogP contribution >= 0.6 is 55.1 Å². The summed E-state index contributed by atoms with van der Waals surface area (Å²) in [5.41, 5.74) is 2.73. The fourth-order valence-electron chi connectivity index (χ4n) is 3.03. The van der Waals surface area contributed by atoms with Gasteiger partial charge in [-0.2, -0.15) is 5.26 Å². The summed E-state index contributed by atoms with van der Waals surface area (Å²) in [5, 5.41) is 13.3. The molecule has 0 heterocycles. The van der Waals surface area contributed by atoms with Crippen molar-refractivity contribution in [3.05, 3.63) is 89.8 Å². The molecule has 0 unspecified atom stereocenters. The molecule has 0 aromatic heterocycles. The van der Waals surface area contributed by atoms with Gasteiger partial charge < -0.3 is 14.8 Å². The van der Waals surface area contributed by atoms with Crippen LogP contribution in [0.4, 0.5) is 5.69 Å². The van der Waals surface area contributed by atoms with Crippen LogP contribution in [-0.4, -0.2) is 13.0 Å². The smallest absolute Gasteiger partial charge is 0.266 e. The SMILES string of the molecule is COc1cc(/C=C(\C#N)C(=O)Nc2c(Br)cc(C)cc2Br)ccc1OCc1c(Cl)cccc1Cl. The summed E-state index contributed by atoms with van der Waals surface area (Å²) in [4.78, 5) is 12.8. The summed E-state index contributed by atoms with van der Waals surface area (Å²) < 4.78 is 12.7. The van der Waals surface area contributed by atoms with Gasteiger partial charge in [0, 0.05) is 24.6 Å². The number of methoxy groups -OCH3 is 1. The molecule has 0 aliphatic heterocycles. The lowest BCUT2D eigenvalue weighted by molar-refractivity contribution is -0.112. The Kier molecular flexibility index (Phi) is 9.03. The first kappa shape index (κ1) is 26.1. The molecule has 0 fully saturated rings. The van der Waals surface area contributed by atoms with Gasteiger partial charge in [-0.1, -0.05) is 35.3 Å². The third-order valence-electron chi connectivity index (χ3n) is 4.72. The summed E-state index contributed by atoms with van der Waals surface area (Å²) in [6.07, 6.45) is 1.47. The van der Waals surface area contributed by atoms with Gasteiger partial charge in [0.05, 0.1) is 12.8 Å². The highest BCUT2D eigenvalue weighted by Crippen LogP contribution is 2.34. The lowest BCUT2D eigenvalue weighted by atomic mass is 10.1. The van der Waals surface area contributed by atoms with E-state index in [-0.39, 0.29) is 12.2 Å². The van der Waals surface area contributed by atoms with E-state index in [1.165, 1.54) is 13.2 Å². The van der Waals surface area contributed by atoms with E-state index < -0.39 is 5.91 Å². The molecular weight excluding hydrogens is 607 g/mol. The van der Waals surface area contributed by atoms with Crippen molar-refractivity contribution < 1.29 is 14.3 Å². The molecule has 5 nitrogen and oxygen atoms in total. The molecule has 3 aromatic carbocycles. The minimum atomic E-state index is -0.541. The minimum Gasteiger partial charge on any atom is -0.493 e. The summed E-state index contributed by atoms with van der Waals surface area (Å²) >= 11 is 19.3. The molecule has 34 heavy (non-hydrogen) atoms. The average Bonchev–Trinajstić information content (AvgIpc) is 2.79. The largest absolute Gasteiger partial charge is 0.493 e. The van der Waals surface area contributed by atoms with E-state index in [0.717, 1.165) is 5.56 Å². The van der Waals surface area contributed by atoms with E-state index in [0.29, 0.717) is 47.3 Å². The van der Waals surface area contributed by atoms with Crippen LogP contribution in [0.2, 0.25) is 10.0 Å². The maximum Gasteiger partial charge on any atom is 0.266 e. The highest BCUT2D eigenvalue weighted by molar-refractivity contribution is 9.11. The Bertz CT molecular complexity index is 1280. The molecule has 9 heteroatoms. The zero-order valence-corrected chi connectivity index (χ0v) is 22.8. The number of hydrogen-bond donors (Lipinski definition) is 1. The lowest BCUT2D eigenvalue weighted by Crippen LogP contribution is -2.14. The zero-order chi connectivity index (χ0) is 24.8. The molecule has 3 aromatic rings. The van der Waals surface area contributed by atoms with Gasteiger partial charge in [0.15, 0.2) is 11.5 Å². The van der Waals surface area contributed by atoms with Crippen molar-refractivity contribution in [3.8, 4) is 17.6 Å². The van der Waals surface area contributed by atoms with Crippen LogP contribution in [0.15, 0.2) is 63.0 Å². The first-order chi connectivity index (χ1) is 16.2. The molecule has 0 atom stereocenters. The number of ether oxygens (including phenoxy) is 2. The zero-order valence-electron chi connectivity index (χ0n) is 18.1. The van der Waals surface area contributed by atoms with Crippen molar-refractivity contribution in [2.24, 2.45) is 0 Å². The number of nitriles is 1. The second kappa shape index (κ2) is 11.8. The maximum absolute atomic E-state index is 12.8. The van der Waals surface area contributed by atoms with Crippen LogP contribution in [0.1, 0.15) is 16.7 Å². The molecule has 0 aliphatic carbocycles. The normalized spacial score (nSPS) is 11.0. The van der Waals surface area contributed by atoms with Gasteiger partial charge in [0.25, 0.3) is 5.91 Å². The quantitative estimate of drug-likeness (QED) is 0.214. The van der Waals surface area contributed by atoms with Crippen LogP contribution in [0.3, 0.4) is 0 Å². The van der Waals surface area contributed by atoms with E-state index in [4.69, 9.17) is 32.7 Å². The number of nitrogens with one attached hydrogen (secondary N) is 1. The molecule has 0 saturated carbocycles. The predicted molar refractivity (Wildman–Crippen MR) is 143 cm³/mol. The lowest BCUT2D eigenvalue weighted by Gasteiger charge is -2.13. The van der Waals surface area contributed by atoms with Gasteiger partial charge in [0.1, 0.15) is 18.2 Å². The van der Waals surface area contributed by atoms with Crippen molar-refractivity contribution in [3.63, 3.8) is 0 Å². The maximum atomic E-state index is 12.8. The Balaban J connectivity index is 1.81. The number of rotatable bonds is 7. The first-order valence-corrected chi connectivity index (χ1v) is 12.2. The van der Waals surface area contributed by atoms with Crippen LogP contribution < -0.4 is 14.8 Å². The number of carbonyl (C=O) groups excluding carboxylic acids is 1. The first-order valence-electron chi connectivity index (χ1n) is 9.86. The van der Waals surface area contributed by atoms with Gasteiger partial charge in [-0.05, 0) is 92.4 Å². The summed E-state index contributed by atoms with van der Waals surface area (Å²) in [6.45, 7) is 2.09. The molecule has 1 N–H and O–H groups in total. The molecule has 1 amide bonds. The van der Waals surface area contributed by atoms with Crippen LogP contribution in [0.25, 0.3) is 6.08 Å². The van der Waals surface area contributed by atoms with Crippen LogP contribution in [-0.2, 0) is 11.4 Å². The highest BCUT2D eigenvalue weighted by Gasteiger charge is 2.15.